The van der Waals surface area contributed by atoms with E-state index in [1.807, 2.05) is 6.08 Å². The molecule has 1 aliphatic carbocycles. The molecule has 2 aliphatic rings. The van der Waals surface area contributed by atoms with Crippen LogP contribution in [-0.4, -0.2) is 84.1 Å². The minimum Gasteiger partial charge on any atom is -0.491 e. The van der Waals surface area contributed by atoms with Gasteiger partial charge < -0.3 is 20.1 Å². The van der Waals surface area contributed by atoms with Crippen LogP contribution in [0.4, 0.5) is 21.6 Å². The molecule has 2 N–H and O–H groups in total. The summed E-state index contributed by atoms with van der Waals surface area (Å²) in [6.07, 6.45) is 8.20. The maximum absolute atomic E-state index is 13.7. The molecule has 0 radical (unpaired) electrons. The van der Waals surface area contributed by atoms with Crippen LogP contribution in [0.5, 0.6) is 5.75 Å². The molecule has 10 nitrogen and oxygen atoms in total. The number of nitrogens with one attached hydrogen (secondary N) is 2. The summed E-state index contributed by atoms with van der Waals surface area (Å²) in [6, 6.07) is 7.90. The Morgan fingerprint density at radius 1 is 1.12 bits per heavy atom. The summed E-state index contributed by atoms with van der Waals surface area (Å²) in [7, 11) is 0. The van der Waals surface area contributed by atoms with Crippen molar-refractivity contribution in [2.24, 2.45) is 5.92 Å². The molecule has 0 spiro atoms. The Morgan fingerprint density at radius 2 is 1.91 bits per heavy atom. The molecular formula is C31H36ClFN6O4. The van der Waals surface area contributed by atoms with Gasteiger partial charge >= 0.3 is 5.97 Å². The van der Waals surface area contributed by atoms with Crippen molar-refractivity contribution < 1.29 is 23.5 Å². The molecule has 1 aromatic heterocycles. The Kier molecular flexibility index (Phi) is 10.4. The van der Waals surface area contributed by atoms with E-state index < -0.39 is 5.82 Å². The van der Waals surface area contributed by atoms with E-state index >= 15 is 0 Å². The predicted octanol–water partition coefficient (Wildman–Crippen LogP) is 5.02. The number of hydrogen-bond donors (Lipinski definition) is 2. The highest BCUT2D eigenvalue weighted by Gasteiger charge is 2.22. The monoisotopic (exact) mass is 610 g/mol. The predicted molar refractivity (Wildman–Crippen MR) is 164 cm³/mol. The summed E-state index contributed by atoms with van der Waals surface area (Å²) in [5, 5.41) is 6.77. The van der Waals surface area contributed by atoms with Gasteiger partial charge in [-0.05, 0) is 43.5 Å². The molecule has 1 amide bonds. The third-order valence-corrected chi connectivity index (χ3v) is 7.70. The molecule has 0 atom stereocenters. The molecule has 12 heteroatoms. The van der Waals surface area contributed by atoms with Crippen LogP contribution in [0.25, 0.3) is 10.9 Å². The molecule has 0 unspecified atom stereocenters. The molecule has 1 aliphatic heterocycles. The van der Waals surface area contributed by atoms with Crippen LogP contribution in [0.1, 0.15) is 26.2 Å². The van der Waals surface area contributed by atoms with E-state index in [2.05, 4.69) is 30.4 Å². The first kappa shape index (κ1) is 30.7. The second kappa shape index (κ2) is 14.6. The number of carbonyl (C=O) groups is 2. The van der Waals surface area contributed by atoms with Gasteiger partial charge in [-0.3, -0.25) is 19.4 Å². The number of fused-ring (bicyclic) bond motifs is 1. The zero-order valence-corrected chi connectivity index (χ0v) is 24.9. The summed E-state index contributed by atoms with van der Waals surface area (Å²) >= 11 is 5.96. The highest BCUT2D eigenvalue weighted by Crippen LogP contribution is 2.36. The zero-order valence-electron chi connectivity index (χ0n) is 24.2. The number of carbonyl (C=O) groups excluding carboxylic acids is 2. The van der Waals surface area contributed by atoms with Gasteiger partial charge in [-0.2, -0.15) is 0 Å². The van der Waals surface area contributed by atoms with Crippen molar-refractivity contribution in [3.05, 3.63) is 59.7 Å². The minimum atomic E-state index is -0.512. The number of hydrogen-bond acceptors (Lipinski definition) is 9. The van der Waals surface area contributed by atoms with Crippen LogP contribution >= 0.6 is 11.6 Å². The van der Waals surface area contributed by atoms with E-state index in [1.165, 1.54) is 37.4 Å². The maximum atomic E-state index is 13.7. The van der Waals surface area contributed by atoms with Crippen molar-refractivity contribution in [2.75, 3.05) is 63.1 Å². The van der Waals surface area contributed by atoms with Crippen molar-refractivity contribution in [1.29, 1.82) is 0 Å². The SMILES string of the molecule is CCOC(=O)CN1CCN(CC=CC(=O)Nc2cc3c(Nc4ccc(F)c(Cl)c4)ncnc3cc2OCCC2CC2)CC1. The molecule has 2 heterocycles. The van der Waals surface area contributed by atoms with Gasteiger partial charge in [0.15, 0.2) is 0 Å². The van der Waals surface area contributed by atoms with Gasteiger partial charge in [0, 0.05) is 55.9 Å². The van der Waals surface area contributed by atoms with E-state index in [9.17, 15) is 14.0 Å². The highest BCUT2D eigenvalue weighted by molar-refractivity contribution is 6.31. The van der Waals surface area contributed by atoms with Gasteiger partial charge in [0.1, 0.15) is 23.7 Å². The van der Waals surface area contributed by atoms with Crippen molar-refractivity contribution in [3.63, 3.8) is 0 Å². The summed E-state index contributed by atoms with van der Waals surface area (Å²) in [5.74, 6) is 0.707. The third kappa shape index (κ3) is 8.85. The fourth-order valence-corrected chi connectivity index (χ4v) is 5.04. The summed E-state index contributed by atoms with van der Waals surface area (Å²) in [4.78, 5) is 37.8. The molecule has 1 saturated heterocycles. The summed E-state index contributed by atoms with van der Waals surface area (Å²) in [5.41, 5.74) is 1.69. The van der Waals surface area contributed by atoms with E-state index in [1.54, 1.807) is 25.1 Å². The number of esters is 1. The van der Waals surface area contributed by atoms with Gasteiger partial charge in [0.05, 0.1) is 36.0 Å². The normalized spacial score (nSPS) is 16.0. The first-order chi connectivity index (χ1) is 20.9. The molecule has 228 valence electrons. The Balaban J connectivity index is 1.25. The van der Waals surface area contributed by atoms with E-state index in [0.717, 1.165) is 32.6 Å². The van der Waals surface area contributed by atoms with Gasteiger partial charge in [-0.25, -0.2) is 14.4 Å². The molecule has 3 aromatic rings. The Hall–Kier alpha value is -3.80. The highest BCUT2D eigenvalue weighted by atomic mass is 35.5. The van der Waals surface area contributed by atoms with Gasteiger partial charge in [0.2, 0.25) is 5.91 Å². The number of aromatic nitrogens is 2. The van der Waals surface area contributed by atoms with Crippen LogP contribution in [0, 0.1) is 11.7 Å². The lowest BCUT2D eigenvalue weighted by Gasteiger charge is -2.33. The Morgan fingerprint density at radius 3 is 2.65 bits per heavy atom. The topological polar surface area (TPSA) is 109 Å². The number of ether oxygens (including phenoxy) is 2. The average Bonchev–Trinajstić information content (AvgIpc) is 3.81. The maximum Gasteiger partial charge on any atom is 0.320 e. The lowest BCUT2D eigenvalue weighted by Crippen LogP contribution is -2.48. The fraction of sp³-hybridized carbons (Fsp3) is 0.419. The summed E-state index contributed by atoms with van der Waals surface area (Å²) < 4.78 is 24.8. The number of halogens is 2. The molecular weight excluding hydrogens is 575 g/mol. The summed E-state index contributed by atoms with van der Waals surface area (Å²) in [6.45, 7) is 6.77. The molecule has 5 rings (SSSR count). The molecule has 0 bridgehead atoms. The quantitative estimate of drug-likeness (QED) is 0.204. The third-order valence-electron chi connectivity index (χ3n) is 7.41. The van der Waals surface area contributed by atoms with Crippen molar-refractivity contribution in [3.8, 4) is 5.75 Å². The van der Waals surface area contributed by atoms with E-state index in [-0.39, 0.29) is 16.9 Å². The van der Waals surface area contributed by atoms with Crippen LogP contribution in [0.2, 0.25) is 5.02 Å². The van der Waals surface area contributed by atoms with Crippen LogP contribution < -0.4 is 15.4 Å². The average molecular weight is 611 g/mol. The smallest absolute Gasteiger partial charge is 0.320 e. The number of anilines is 3. The second-order valence-corrected chi connectivity index (χ2v) is 11.1. The largest absolute Gasteiger partial charge is 0.491 e. The first-order valence-electron chi connectivity index (χ1n) is 14.6. The standard InChI is InChI=1S/C31H36ClFN6O4/c1-2-42-30(41)19-39-13-11-38(12-14-39)10-3-4-29(40)37-27-17-23-26(18-28(27)43-15-9-21-5-6-21)34-20-35-31(23)36-22-7-8-25(33)24(32)16-22/h3-4,7-8,16-18,20-21H,2,5-6,9-15,19H2,1H3,(H,37,40)(H,34,35,36). The number of piperazine rings is 1. The van der Waals surface area contributed by atoms with Crippen molar-refractivity contribution in [2.45, 2.75) is 26.2 Å². The van der Waals surface area contributed by atoms with Crippen LogP contribution in [0.15, 0.2) is 48.8 Å². The Bertz CT molecular complexity index is 1480. The number of rotatable bonds is 13. The molecule has 1 saturated carbocycles. The lowest BCUT2D eigenvalue weighted by molar-refractivity contribution is -0.144. The molecule has 2 fully saturated rings. The van der Waals surface area contributed by atoms with Crippen molar-refractivity contribution in [1.82, 2.24) is 19.8 Å². The Labute approximate surface area is 255 Å². The van der Waals surface area contributed by atoms with Crippen LogP contribution in [-0.2, 0) is 14.3 Å². The first-order valence-corrected chi connectivity index (χ1v) is 15.0. The lowest BCUT2D eigenvalue weighted by atomic mass is 10.1. The minimum absolute atomic E-state index is 0.00648. The fourth-order valence-electron chi connectivity index (χ4n) is 4.86. The van der Waals surface area contributed by atoms with Gasteiger partial charge in [0.25, 0.3) is 0 Å². The number of nitrogens with zero attached hydrogens (tertiary/aromatic N) is 4. The van der Waals surface area contributed by atoms with E-state index in [4.69, 9.17) is 21.1 Å². The van der Waals surface area contributed by atoms with E-state index in [0.29, 0.717) is 66.1 Å². The van der Waals surface area contributed by atoms with Gasteiger partial charge in [-0.15, -0.1) is 0 Å². The number of amides is 1. The number of benzene rings is 2. The molecule has 43 heavy (non-hydrogen) atoms. The van der Waals surface area contributed by atoms with Crippen LogP contribution in [0.3, 0.4) is 0 Å². The zero-order chi connectivity index (χ0) is 30.2. The van der Waals surface area contributed by atoms with Gasteiger partial charge in [-0.1, -0.05) is 30.5 Å². The second-order valence-electron chi connectivity index (χ2n) is 10.7. The van der Waals surface area contributed by atoms with Crippen molar-refractivity contribution >= 4 is 51.6 Å². The molecule has 2 aromatic carbocycles.